The summed E-state index contributed by atoms with van der Waals surface area (Å²) in [4.78, 5) is 1.81. The molecule has 0 amide bonds. The first kappa shape index (κ1) is 19.0. The van der Waals surface area contributed by atoms with Crippen LogP contribution >= 0.6 is 0 Å². The maximum atomic E-state index is 13.2. The van der Waals surface area contributed by atoms with E-state index in [0.29, 0.717) is 19.5 Å². The van der Waals surface area contributed by atoms with Gasteiger partial charge in [-0.15, -0.1) is 0 Å². The zero-order chi connectivity index (χ0) is 17.3. The number of hydrogen-bond donors (Lipinski definition) is 1. The molecule has 0 aromatic carbocycles. The van der Waals surface area contributed by atoms with Crippen molar-refractivity contribution in [1.29, 1.82) is 0 Å². The number of halogens is 2. The van der Waals surface area contributed by atoms with Crippen LogP contribution in [0.4, 0.5) is 8.78 Å². The zero-order valence-electron chi connectivity index (χ0n) is 13.8. The highest BCUT2D eigenvalue weighted by Crippen LogP contribution is 2.31. The Kier molecular flexibility index (Phi) is 5.67. The molecular weight excluding hydrogens is 328 g/mol. The summed E-state index contributed by atoms with van der Waals surface area (Å²) >= 11 is 0. The molecule has 1 atom stereocenters. The highest BCUT2D eigenvalue weighted by Gasteiger charge is 2.45. The van der Waals surface area contributed by atoms with E-state index in [0.717, 1.165) is 0 Å². The number of β-amino-alcohol motifs (C(OH)–C–C–N with tert-alkyl or cyclic N) is 1. The molecule has 2 aliphatic heterocycles. The Labute approximate surface area is 137 Å². The van der Waals surface area contributed by atoms with Gasteiger partial charge in [-0.1, -0.05) is 13.8 Å². The van der Waals surface area contributed by atoms with Crippen LogP contribution in [0.5, 0.6) is 0 Å². The summed E-state index contributed by atoms with van der Waals surface area (Å²) in [5, 5.41) is 10.7. The van der Waals surface area contributed by atoms with Crippen LogP contribution in [0.3, 0.4) is 0 Å². The average Bonchev–Trinajstić information content (AvgIpc) is 2.86. The van der Waals surface area contributed by atoms with Crippen molar-refractivity contribution in [1.82, 2.24) is 13.5 Å². The van der Waals surface area contributed by atoms with Gasteiger partial charge in [0, 0.05) is 58.7 Å². The molecule has 0 aromatic heterocycles. The largest absolute Gasteiger partial charge is 0.387 e. The Hall–Kier alpha value is -0.350. The highest BCUT2D eigenvalue weighted by molar-refractivity contribution is 7.86. The summed E-state index contributed by atoms with van der Waals surface area (Å²) in [6, 6.07) is 0. The molecule has 0 radical (unpaired) electrons. The second kappa shape index (κ2) is 6.87. The van der Waals surface area contributed by atoms with Gasteiger partial charge in [0.1, 0.15) is 0 Å². The van der Waals surface area contributed by atoms with Crippen molar-refractivity contribution >= 4 is 10.2 Å². The Balaban J connectivity index is 1.96. The van der Waals surface area contributed by atoms with Crippen molar-refractivity contribution < 1.29 is 22.3 Å². The average molecular weight is 355 g/mol. The Bertz CT molecular complexity index is 503. The lowest BCUT2D eigenvalue weighted by atomic mass is 10.00. The van der Waals surface area contributed by atoms with Crippen LogP contribution in [0, 0.1) is 0 Å². The van der Waals surface area contributed by atoms with Gasteiger partial charge in [-0.05, 0) is 6.42 Å². The number of piperidine rings is 1. The number of nitrogens with zero attached hydrogens (tertiary/aromatic N) is 3. The van der Waals surface area contributed by atoms with Gasteiger partial charge < -0.3 is 5.11 Å². The monoisotopic (exact) mass is 355 g/mol. The van der Waals surface area contributed by atoms with E-state index in [4.69, 9.17) is 0 Å². The first-order valence-electron chi connectivity index (χ1n) is 8.20. The predicted molar refractivity (Wildman–Crippen MR) is 83.6 cm³/mol. The number of alkyl halides is 2. The Morgan fingerprint density at radius 3 is 2.17 bits per heavy atom. The molecule has 6 nitrogen and oxygen atoms in total. The molecule has 0 spiro atoms. The number of hydrogen-bond acceptors (Lipinski definition) is 4. The van der Waals surface area contributed by atoms with Crippen molar-refractivity contribution in [3.63, 3.8) is 0 Å². The topological polar surface area (TPSA) is 64.1 Å². The fourth-order valence-electron chi connectivity index (χ4n) is 3.31. The minimum Gasteiger partial charge on any atom is -0.387 e. The molecule has 0 aromatic rings. The fourth-order valence-corrected chi connectivity index (χ4v) is 5.02. The number of likely N-dealkylation sites (tertiary alicyclic amines) is 1. The normalized spacial score (nSPS) is 30.2. The van der Waals surface area contributed by atoms with Crippen LogP contribution < -0.4 is 0 Å². The standard InChI is InChI=1S/C14H27F2N3O3S/c1-3-18(4-2)23(21,22)19-10-5-13(20,12-19)11-17-8-6-14(15,16)7-9-17/h20H,3-12H2,1-2H3/t13-/m1/s1. The van der Waals surface area contributed by atoms with E-state index in [2.05, 4.69) is 0 Å². The highest BCUT2D eigenvalue weighted by atomic mass is 32.2. The third-order valence-corrected chi connectivity index (χ3v) is 6.89. The first-order valence-corrected chi connectivity index (χ1v) is 9.59. The molecule has 2 rings (SSSR count). The van der Waals surface area contributed by atoms with Crippen molar-refractivity contribution in [2.75, 3.05) is 45.8 Å². The molecule has 23 heavy (non-hydrogen) atoms. The quantitative estimate of drug-likeness (QED) is 0.763. The molecule has 136 valence electrons. The van der Waals surface area contributed by atoms with Gasteiger partial charge >= 0.3 is 0 Å². The smallest absolute Gasteiger partial charge is 0.282 e. The van der Waals surface area contributed by atoms with Crippen LogP contribution in [0.1, 0.15) is 33.1 Å². The summed E-state index contributed by atoms with van der Waals surface area (Å²) in [7, 11) is -3.56. The molecule has 2 fully saturated rings. The van der Waals surface area contributed by atoms with Crippen molar-refractivity contribution in [3.8, 4) is 0 Å². The lowest BCUT2D eigenvalue weighted by Gasteiger charge is -2.36. The summed E-state index contributed by atoms with van der Waals surface area (Å²) < 4.78 is 54.0. The summed E-state index contributed by atoms with van der Waals surface area (Å²) in [6.07, 6.45) is -0.0739. The van der Waals surface area contributed by atoms with Gasteiger partial charge in [0.05, 0.1) is 5.60 Å². The van der Waals surface area contributed by atoms with E-state index >= 15 is 0 Å². The summed E-state index contributed by atoms with van der Waals surface area (Å²) in [5.41, 5.74) is -1.16. The van der Waals surface area contributed by atoms with E-state index < -0.39 is 21.7 Å². The van der Waals surface area contributed by atoms with E-state index in [9.17, 15) is 22.3 Å². The maximum absolute atomic E-state index is 13.2. The van der Waals surface area contributed by atoms with Crippen molar-refractivity contribution in [3.05, 3.63) is 0 Å². The molecule has 0 bridgehead atoms. The van der Waals surface area contributed by atoms with E-state index in [-0.39, 0.29) is 45.6 Å². The van der Waals surface area contributed by atoms with Gasteiger partial charge in [-0.3, -0.25) is 4.90 Å². The minimum absolute atomic E-state index is 0.0265. The van der Waals surface area contributed by atoms with Gasteiger partial charge in [-0.25, -0.2) is 8.78 Å². The molecule has 2 heterocycles. The van der Waals surface area contributed by atoms with Crippen LogP contribution in [0.25, 0.3) is 0 Å². The zero-order valence-corrected chi connectivity index (χ0v) is 14.7. The second-order valence-corrected chi connectivity index (χ2v) is 8.46. The second-order valence-electron chi connectivity index (χ2n) is 6.53. The van der Waals surface area contributed by atoms with Gasteiger partial charge in [0.15, 0.2) is 0 Å². The van der Waals surface area contributed by atoms with Crippen molar-refractivity contribution in [2.45, 2.75) is 44.6 Å². The third-order valence-electron chi connectivity index (χ3n) is 4.76. The minimum atomic E-state index is -3.56. The Morgan fingerprint density at radius 1 is 1.09 bits per heavy atom. The predicted octanol–water partition coefficient (Wildman–Crippen LogP) is 0.741. The molecule has 0 saturated carbocycles. The van der Waals surface area contributed by atoms with Crippen LogP contribution in [-0.4, -0.2) is 84.4 Å². The molecule has 0 aliphatic carbocycles. The summed E-state index contributed by atoms with van der Waals surface area (Å²) in [5.74, 6) is -2.62. The Morgan fingerprint density at radius 2 is 1.65 bits per heavy atom. The molecule has 0 unspecified atom stereocenters. The third kappa shape index (κ3) is 4.39. The van der Waals surface area contributed by atoms with Gasteiger partial charge in [0.25, 0.3) is 16.1 Å². The molecule has 1 N–H and O–H groups in total. The number of rotatable bonds is 6. The first-order chi connectivity index (χ1) is 10.6. The van der Waals surface area contributed by atoms with Crippen LogP contribution in [0.15, 0.2) is 0 Å². The molecular formula is C14H27F2N3O3S. The molecule has 2 aliphatic rings. The van der Waals surface area contributed by atoms with Crippen LogP contribution in [0.2, 0.25) is 0 Å². The summed E-state index contributed by atoms with van der Waals surface area (Å²) in [6.45, 7) is 5.32. The number of aliphatic hydroxyl groups is 1. The molecule has 9 heteroatoms. The van der Waals surface area contributed by atoms with Crippen LogP contribution in [-0.2, 0) is 10.2 Å². The van der Waals surface area contributed by atoms with Gasteiger partial charge in [0.2, 0.25) is 0 Å². The van der Waals surface area contributed by atoms with E-state index in [1.807, 2.05) is 4.90 Å². The van der Waals surface area contributed by atoms with E-state index in [1.165, 1.54) is 8.61 Å². The lowest BCUT2D eigenvalue weighted by Crippen LogP contribution is -2.50. The maximum Gasteiger partial charge on any atom is 0.282 e. The SMILES string of the molecule is CCN(CC)S(=O)(=O)N1CC[C@@](O)(CN2CCC(F)(F)CC2)C1. The van der Waals surface area contributed by atoms with Crippen molar-refractivity contribution in [2.24, 2.45) is 0 Å². The lowest BCUT2D eigenvalue weighted by molar-refractivity contribution is -0.0716. The molecule has 2 saturated heterocycles. The van der Waals surface area contributed by atoms with Gasteiger partial charge in [-0.2, -0.15) is 17.0 Å². The van der Waals surface area contributed by atoms with E-state index in [1.54, 1.807) is 13.8 Å². The fraction of sp³-hybridized carbons (Fsp3) is 1.00.